The highest BCUT2D eigenvalue weighted by atomic mass is 16.6. The third-order valence-corrected chi connectivity index (χ3v) is 5.44. The molecule has 2 aromatic rings. The third kappa shape index (κ3) is 2.90. The molecule has 4 rings (SSSR count). The Bertz CT molecular complexity index is 1170. The number of carbonyl (C=O) groups excluding carboxylic acids is 2. The number of allylic oxidation sites excluding steroid dienone is 2. The molecule has 148 valence electrons. The molecule has 0 saturated heterocycles. The molecule has 29 heavy (non-hydrogen) atoms. The second kappa shape index (κ2) is 6.84. The molecule has 2 aliphatic heterocycles. The van der Waals surface area contributed by atoms with Crippen LogP contribution < -0.4 is 5.56 Å². The van der Waals surface area contributed by atoms with Crippen molar-refractivity contribution in [2.24, 2.45) is 0 Å². The van der Waals surface area contributed by atoms with E-state index in [9.17, 15) is 14.4 Å². The number of pyridine rings is 2. The zero-order valence-electron chi connectivity index (χ0n) is 16.4. The van der Waals surface area contributed by atoms with Gasteiger partial charge in [-0.15, -0.1) is 0 Å². The number of fused-ring (bicyclic) bond motifs is 4. The summed E-state index contributed by atoms with van der Waals surface area (Å²) in [5, 5.41) is 0. The second-order valence-corrected chi connectivity index (χ2v) is 7.12. The minimum absolute atomic E-state index is 0.139. The predicted molar refractivity (Wildman–Crippen MR) is 106 cm³/mol. The van der Waals surface area contributed by atoms with Crippen LogP contribution in [0.3, 0.4) is 0 Å². The van der Waals surface area contributed by atoms with Gasteiger partial charge in [0.25, 0.3) is 5.56 Å². The summed E-state index contributed by atoms with van der Waals surface area (Å²) in [6.45, 7) is 9.16. The number of hydrogen-bond acceptors (Lipinski definition) is 6. The number of hydrogen-bond donors (Lipinski definition) is 0. The van der Waals surface area contributed by atoms with Gasteiger partial charge in [-0.3, -0.25) is 9.59 Å². The molecule has 0 fully saturated rings. The summed E-state index contributed by atoms with van der Waals surface area (Å²) in [4.78, 5) is 41.6. The van der Waals surface area contributed by atoms with E-state index in [4.69, 9.17) is 14.5 Å². The molecule has 0 radical (unpaired) electrons. The molecular formula is C22H20N2O5. The summed E-state index contributed by atoms with van der Waals surface area (Å²) in [7, 11) is 0. The molecule has 1 atom stereocenters. The highest BCUT2D eigenvalue weighted by Gasteiger charge is 2.37. The number of esters is 2. The van der Waals surface area contributed by atoms with Crippen LogP contribution in [0.2, 0.25) is 0 Å². The van der Waals surface area contributed by atoms with E-state index in [-0.39, 0.29) is 12.2 Å². The van der Waals surface area contributed by atoms with Crippen molar-refractivity contribution in [3.63, 3.8) is 0 Å². The molecule has 0 aromatic carbocycles. The molecule has 7 heteroatoms. The topological polar surface area (TPSA) is 87.5 Å². The Morgan fingerprint density at radius 1 is 1.31 bits per heavy atom. The van der Waals surface area contributed by atoms with Gasteiger partial charge >= 0.3 is 11.9 Å². The van der Waals surface area contributed by atoms with Crippen molar-refractivity contribution < 1.29 is 19.1 Å². The van der Waals surface area contributed by atoms with Crippen LogP contribution in [0.1, 0.15) is 46.5 Å². The number of cyclic esters (lactones) is 1. The maximum atomic E-state index is 13.1. The number of ether oxygens (including phenoxy) is 2. The van der Waals surface area contributed by atoms with Gasteiger partial charge in [0.1, 0.15) is 6.61 Å². The first-order valence-electron chi connectivity index (χ1n) is 9.23. The van der Waals surface area contributed by atoms with Gasteiger partial charge < -0.3 is 14.0 Å². The van der Waals surface area contributed by atoms with Crippen LogP contribution in [-0.4, -0.2) is 21.5 Å². The fourth-order valence-corrected chi connectivity index (χ4v) is 3.82. The molecule has 0 spiro atoms. The normalized spacial score (nSPS) is 16.8. The Labute approximate surface area is 167 Å². The van der Waals surface area contributed by atoms with Crippen LogP contribution in [0.5, 0.6) is 0 Å². The van der Waals surface area contributed by atoms with E-state index in [0.717, 1.165) is 22.4 Å². The van der Waals surface area contributed by atoms with Crippen LogP contribution in [0.15, 0.2) is 29.6 Å². The Morgan fingerprint density at radius 3 is 2.76 bits per heavy atom. The molecule has 2 aromatic heterocycles. The van der Waals surface area contributed by atoms with Crippen molar-refractivity contribution in [3.8, 4) is 11.4 Å². The third-order valence-electron chi connectivity index (χ3n) is 5.44. The molecule has 0 bridgehead atoms. The molecule has 2 aliphatic rings. The van der Waals surface area contributed by atoms with Crippen molar-refractivity contribution in [3.05, 3.63) is 68.7 Å². The fraction of sp³-hybridized carbons (Fsp3) is 0.273. The van der Waals surface area contributed by atoms with E-state index in [2.05, 4.69) is 6.58 Å². The van der Waals surface area contributed by atoms with Gasteiger partial charge in [0.2, 0.25) is 6.10 Å². The van der Waals surface area contributed by atoms with Crippen molar-refractivity contribution in [1.82, 2.24) is 9.55 Å². The Kier molecular flexibility index (Phi) is 4.45. The summed E-state index contributed by atoms with van der Waals surface area (Å²) in [5.74, 6) is -1.31. The highest BCUT2D eigenvalue weighted by molar-refractivity contribution is 5.83. The maximum absolute atomic E-state index is 13.1. The SMILES string of the molecule is C=C/C=C\c1nc2c(c(C)c1C)Cn1c-2cc2c(c1=O)COC(=O)C2OC(C)=O. The largest absolute Gasteiger partial charge is 0.458 e. The lowest BCUT2D eigenvalue weighted by atomic mass is 9.98. The van der Waals surface area contributed by atoms with E-state index < -0.39 is 18.0 Å². The minimum Gasteiger partial charge on any atom is -0.458 e. The van der Waals surface area contributed by atoms with Crippen molar-refractivity contribution >= 4 is 18.0 Å². The molecule has 4 heterocycles. The Morgan fingerprint density at radius 2 is 2.07 bits per heavy atom. The smallest absolute Gasteiger partial charge is 0.352 e. The van der Waals surface area contributed by atoms with E-state index in [1.807, 2.05) is 26.0 Å². The lowest BCUT2D eigenvalue weighted by Crippen LogP contribution is -2.34. The average molecular weight is 392 g/mol. The number of aromatic nitrogens is 2. The molecule has 0 saturated carbocycles. The summed E-state index contributed by atoms with van der Waals surface area (Å²) < 4.78 is 11.9. The van der Waals surface area contributed by atoms with Crippen molar-refractivity contribution in [1.29, 1.82) is 0 Å². The standard InChI is InChI=1S/C22H20N2O5/c1-5-6-7-17-12(3)11(2)15-9-24-18(19(15)23-17)8-14-16(21(24)26)10-28-22(27)20(14)29-13(4)25/h5-8,20H,1,9-10H2,2-4H3/b7-6-. The summed E-state index contributed by atoms with van der Waals surface area (Å²) in [6.07, 6.45) is 4.11. The van der Waals surface area contributed by atoms with Crippen LogP contribution >= 0.6 is 0 Å². The van der Waals surface area contributed by atoms with E-state index in [1.54, 1.807) is 16.7 Å². The molecule has 0 N–H and O–H groups in total. The number of nitrogens with zero attached hydrogens (tertiary/aromatic N) is 2. The van der Waals surface area contributed by atoms with Crippen LogP contribution in [0.25, 0.3) is 17.5 Å². The van der Waals surface area contributed by atoms with Gasteiger partial charge in [-0.1, -0.05) is 18.7 Å². The zero-order chi connectivity index (χ0) is 20.9. The zero-order valence-corrected chi connectivity index (χ0v) is 16.4. The second-order valence-electron chi connectivity index (χ2n) is 7.12. The molecule has 0 amide bonds. The first-order chi connectivity index (χ1) is 13.8. The molecule has 7 nitrogen and oxygen atoms in total. The predicted octanol–water partition coefficient (Wildman–Crippen LogP) is 2.75. The quantitative estimate of drug-likeness (QED) is 0.503. The van der Waals surface area contributed by atoms with Gasteiger partial charge in [-0.2, -0.15) is 0 Å². The molecular weight excluding hydrogens is 372 g/mol. The molecule has 0 aliphatic carbocycles. The monoisotopic (exact) mass is 392 g/mol. The lowest BCUT2D eigenvalue weighted by molar-refractivity contribution is -0.170. The summed E-state index contributed by atoms with van der Waals surface area (Å²) in [6, 6.07) is 1.72. The minimum atomic E-state index is -1.24. The van der Waals surface area contributed by atoms with E-state index >= 15 is 0 Å². The lowest BCUT2D eigenvalue weighted by Gasteiger charge is -2.24. The van der Waals surface area contributed by atoms with Crippen LogP contribution in [0.4, 0.5) is 0 Å². The van der Waals surface area contributed by atoms with E-state index in [0.29, 0.717) is 29.1 Å². The van der Waals surface area contributed by atoms with Gasteiger partial charge in [-0.05, 0) is 37.1 Å². The first-order valence-corrected chi connectivity index (χ1v) is 9.23. The highest BCUT2D eigenvalue weighted by Crippen LogP contribution is 2.37. The Balaban J connectivity index is 1.95. The van der Waals surface area contributed by atoms with Gasteiger partial charge in [0.15, 0.2) is 0 Å². The van der Waals surface area contributed by atoms with Crippen LogP contribution in [-0.2, 0) is 32.2 Å². The number of rotatable bonds is 3. The summed E-state index contributed by atoms with van der Waals surface area (Å²) in [5.41, 5.74) is 5.57. The van der Waals surface area contributed by atoms with Gasteiger partial charge in [0, 0.05) is 18.1 Å². The first kappa shape index (κ1) is 18.9. The van der Waals surface area contributed by atoms with Crippen molar-refractivity contribution in [2.75, 3.05) is 0 Å². The fourth-order valence-electron chi connectivity index (χ4n) is 3.82. The number of carbonyl (C=O) groups is 2. The van der Waals surface area contributed by atoms with Crippen molar-refractivity contribution in [2.45, 2.75) is 40.0 Å². The Hall–Kier alpha value is -3.48. The van der Waals surface area contributed by atoms with E-state index in [1.165, 1.54) is 6.92 Å². The summed E-state index contributed by atoms with van der Waals surface area (Å²) >= 11 is 0. The molecule has 1 unspecified atom stereocenters. The van der Waals surface area contributed by atoms with Gasteiger partial charge in [-0.25, -0.2) is 9.78 Å². The maximum Gasteiger partial charge on any atom is 0.352 e. The van der Waals surface area contributed by atoms with Crippen LogP contribution in [0, 0.1) is 13.8 Å². The average Bonchev–Trinajstić information content (AvgIpc) is 3.05. The van der Waals surface area contributed by atoms with Gasteiger partial charge in [0.05, 0.1) is 29.2 Å².